The Morgan fingerprint density at radius 2 is 1.67 bits per heavy atom. The van der Waals surface area contributed by atoms with Gasteiger partial charge in [0.25, 0.3) is 11.5 Å². The number of carbonyl (C=O) groups is 1. The Kier molecular flexibility index (Phi) is 8.88. The average molecular weight is 692 g/mol. The van der Waals surface area contributed by atoms with Gasteiger partial charge in [0.05, 0.1) is 17.3 Å². The van der Waals surface area contributed by atoms with Crippen molar-refractivity contribution in [1.29, 1.82) is 0 Å². The smallest absolute Gasteiger partial charge is 0.337 e. The summed E-state index contributed by atoms with van der Waals surface area (Å²) in [7, 11) is 2.09. The van der Waals surface area contributed by atoms with Gasteiger partial charge >= 0.3 is 5.69 Å². The molecule has 1 N–H and O–H groups in total. The van der Waals surface area contributed by atoms with E-state index in [0.717, 1.165) is 29.9 Å². The summed E-state index contributed by atoms with van der Waals surface area (Å²) in [5.74, 6) is -1.51. The summed E-state index contributed by atoms with van der Waals surface area (Å²) in [6.45, 7) is 7.32. The maximum absolute atomic E-state index is 14.5. The van der Waals surface area contributed by atoms with Crippen molar-refractivity contribution in [3.8, 4) is 16.8 Å². The van der Waals surface area contributed by atoms with E-state index in [9.17, 15) is 23.2 Å². The van der Waals surface area contributed by atoms with Crippen LogP contribution in [0.25, 0.3) is 33.5 Å². The second-order valence-corrected chi connectivity index (χ2v) is 14.3. The number of fused-ring (bicyclic) bond motifs is 2. The van der Waals surface area contributed by atoms with Crippen LogP contribution in [0.1, 0.15) is 68.5 Å². The van der Waals surface area contributed by atoms with E-state index >= 15 is 0 Å². The van der Waals surface area contributed by atoms with E-state index in [-0.39, 0.29) is 34.2 Å². The predicted octanol–water partition coefficient (Wildman–Crippen LogP) is 6.28. The summed E-state index contributed by atoms with van der Waals surface area (Å²) in [5.41, 5.74) is 3.07. The van der Waals surface area contributed by atoms with Gasteiger partial charge in [-0.05, 0) is 101 Å². The first-order chi connectivity index (χ1) is 24.4. The summed E-state index contributed by atoms with van der Waals surface area (Å²) in [6, 6.07) is 18.9. The molecule has 4 heterocycles. The zero-order valence-electron chi connectivity index (χ0n) is 28.9. The topological polar surface area (TPSA) is 107 Å². The Labute approximate surface area is 293 Å². The van der Waals surface area contributed by atoms with E-state index < -0.39 is 28.9 Å². The predicted molar refractivity (Wildman–Crippen MR) is 192 cm³/mol. The number of pyridine rings is 2. The lowest BCUT2D eigenvalue weighted by Gasteiger charge is -2.31. The third-order valence-electron chi connectivity index (χ3n) is 9.89. The SMILES string of the molecule is CN(Cc1ccc(-c2cccc(-n3c(=O)n([C@H]4CC[C@@H](NC(=O)c5cn6cc(F)ccc6n5)CC4)c(=O)c4cc(F)cnc43)c2)cc1)C(C)(C)C. The van der Waals surface area contributed by atoms with Gasteiger partial charge in [-0.1, -0.05) is 36.4 Å². The Morgan fingerprint density at radius 3 is 2.39 bits per heavy atom. The van der Waals surface area contributed by atoms with Crippen LogP contribution < -0.4 is 16.6 Å². The summed E-state index contributed by atoms with van der Waals surface area (Å²) in [4.78, 5) is 51.9. The van der Waals surface area contributed by atoms with E-state index in [0.29, 0.717) is 37.0 Å². The molecular weight excluding hydrogens is 652 g/mol. The molecule has 6 aromatic rings. The van der Waals surface area contributed by atoms with E-state index in [1.807, 2.05) is 30.3 Å². The van der Waals surface area contributed by atoms with Crippen molar-refractivity contribution in [2.24, 2.45) is 0 Å². The van der Waals surface area contributed by atoms with Crippen molar-refractivity contribution in [2.45, 2.75) is 70.6 Å². The van der Waals surface area contributed by atoms with Gasteiger partial charge in [0.2, 0.25) is 0 Å². The van der Waals surface area contributed by atoms with Crippen LogP contribution in [0, 0.1) is 11.6 Å². The lowest BCUT2D eigenvalue weighted by Crippen LogP contribution is -2.45. The van der Waals surface area contributed by atoms with Gasteiger partial charge in [0.1, 0.15) is 23.0 Å². The number of rotatable bonds is 7. The fraction of sp³-hybridized carbons (Fsp3) is 0.308. The molecule has 0 saturated heterocycles. The molecule has 0 aliphatic heterocycles. The van der Waals surface area contributed by atoms with Crippen LogP contribution in [0.15, 0.2) is 94.9 Å². The molecule has 12 heteroatoms. The standard InChI is InChI=1S/C39H39F2N7O3/c1-39(2,3)45(4)21-24-8-10-25(11-9-24)26-6-5-7-31(18-26)47-35-32(19-28(41)20-42-35)37(50)48(38(47)51)30-15-13-29(14-16-30)43-36(49)33-23-46-22-27(40)12-17-34(46)44-33/h5-12,17-20,22-23,29-30H,13-16,21H2,1-4H3,(H,43,49)/t29-,30+. The molecule has 1 aliphatic rings. The fourth-order valence-corrected chi connectivity index (χ4v) is 6.69. The van der Waals surface area contributed by atoms with Gasteiger partial charge in [-0.25, -0.2) is 28.1 Å². The number of imidazole rings is 1. The second kappa shape index (κ2) is 13.3. The van der Waals surface area contributed by atoms with Crippen LogP contribution in [-0.2, 0) is 6.54 Å². The number of amides is 1. The Bertz CT molecular complexity index is 2380. The molecular formula is C39H39F2N7O3. The molecule has 1 amide bonds. The van der Waals surface area contributed by atoms with Crippen LogP contribution in [0.4, 0.5) is 8.78 Å². The molecule has 2 aromatic carbocycles. The highest BCUT2D eigenvalue weighted by atomic mass is 19.1. The first kappa shape index (κ1) is 34.0. The highest BCUT2D eigenvalue weighted by Crippen LogP contribution is 2.29. The molecule has 0 radical (unpaired) electrons. The van der Waals surface area contributed by atoms with E-state index in [1.165, 1.54) is 43.6 Å². The van der Waals surface area contributed by atoms with Crippen LogP contribution in [0.3, 0.4) is 0 Å². The van der Waals surface area contributed by atoms with Gasteiger partial charge < -0.3 is 9.72 Å². The van der Waals surface area contributed by atoms with Crippen molar-refractivity contribution in [1.82, 2.24) is 33.7 Å². The minimum atomic E-state index is -0.677. The third-order valence-corrected chi connectivity index (χ3v) is 9.89. The van der Waals surface area contributed by atoms with Gasteiger partial charge in [-0.15, -0.1) is 0 Å². The molecule has 0 bridgehead atoms. The van der Waals surface area contributed by atoms with Crippen molar-refractivity contribution in [3.63, 3.8) is 0 Å². The molecule has 7 rings (SSSR count). The molecule has 0 atom stereocenters. The van der Waals surface area contributed by atoms with Crippen LogP contribution in [0.5, 0.6) is 0 Å². The zero-order chi connectivity index (χ0) is 36.0. The van der Waals surface area contributed by atoms with Gasteiger partial charge in [-0.3, -0.25) is 19.1 Å². The molecule has 262 valence electrons. The van der Waals surface area contributed by atoms with E-state index in [2.05, 4.69) is 60.1 Å². The summed E-state index contributed by atoms with van der Waals surface area (Å²) in [5, 5.41) is 2.99. The maximum atomic E-state index is 14.5. The molecule has 1 aliphatic carbocycles. The maximum Gasteiger partial charge on any atom is 0.337 e. The number of benzene rings is 2. The number of hydrogen-bond donors (Lipinski definition) is 1. The fourth-order valence-electron chi connectivity index (χ4n) is 6.69. The minimum absolute atomic E-state index is 0.00559. The molecule has 51 heavy (non-hydrogen) atoms. The minimum Gasteiger partial charge on any atom is -0.348 e. The first-order valence-electron chi connectivity index (χ1n) is 17.0. The molecule has 1 saturated carbocycles. The summed E-state index contributed by atoms with van der Waals surface area (Å²) >= 11 is 0. The summed E-state index contributed by atoms with van der Waals surface area (Å²) in [6.07, 6.45) is 5.60. The lowest BCUT2D eigenvalue weighted by molar-refractivity contribution is 0.0917. The molecule has 0 spiro atoms. The van der Waals surface area contributed by atoms with Crippen LogP contribution >= 0.6 is 0 Å². The second-order valence-electron chi connectivity index (χ2n) is 14.3. The van der Waals surface area contributed by atoms with Crippen molar-refractivity contribution in [2.75, 3.05) is 7.05 Å². The highest BCUT2D eigenvalue weighted by Gasteiger charge is 2.29. The zero-order valence-corrected chi connectivity index (χ0v) is 28.9. The number of carbonyl (C=O) groups excluding carboxylic acids is 1. The van der Waals surface area contributed by atoms with E-state index in [1.54, 1.807) is 6.07 Å². The van der Waals surface area contributed by atoms with Gasteiger partial charge in [0.15, 0.2) is 5.65 Å². The Balaban J connectivity index is 1.16. The number of halogens is 2. The Hall–Kier alpha value is -5.49. The quantitative estimate of drug-likeness (QED) is 0.211. The largest absolute Gasteiger partial charge is 0.348 e. The Morgan fingerprint density at radius 1 is 0.922 bits per heavy atom. The van der Waals surface area contributed by atoms with Gasteiger partial charge in [0, 0.05) is 36.6 Å². The monoisotopic (exact) mass is 691 g/mol. The molecule has 10 nitrogen and oxygen atoms in total. The lowest BCUT2D eigenvalue weighted by atomic mass is 9.90. The van der Waals surface area contributed by atoms with E-state index in [4.69, 9.17) is 0 Å². The number of hydrogen-bond acceptors (Lipinski definition) is 6. The highest BCUT2D eigenvalue weighted by molar-refractivity contribution is 5.93. The normalized spacial score (nSPS) is 16.6. The number of nitrogens with one attached hydrogen (secondary N) is 1. The number of nitrogens with zero attached hydrogens (tertiary/aromatic N) is 6. The van der Waals surface area contributed by atoms with Crippen molar-refractivity contribution < 1.29 is 13.6 Å². The third kappa shape index (κ3) is 6.83. The van der Waals surface area contributed by atoms with Gasteiger partial charge in [-0.2, -0.15) is 0 Å². The molecule has 4 aromatic heterocycles. The number of aromatic nitrogens is 5. The summed E-state index contributed by atoms with van der Waals surface area (Å²) < 4.78 is 32.2. The first-order valence-corrected chi connectivity index (χ1v) is 17.0. The van der Waals surface area contributed by atoms with Crippen LogP contribution in [-0.4, -0.2) is 52.9 Å². The average Bonchev–Trinajstić information content (AvgIpc) is 3.53. The molecule has 0 unspecified atom stereocenters. The molecule has 1 fully saturated rings. The van der Waals surface area contributed by atoms with Crippen molar-refractivity contribution in [3.05, 3.63) is 129 Å². The van der Waals surface area contributed by atoms with Crippen molar-refractivity contribution >= 4 is 22.6 Å². The van der Waals surface area contributed by atoms with Crippen LogP contribution in [0.2, 0.25) is 0 Å².